The predicted molar refractivity (Wildman–Crippen MR) is 73.4 cm³/mol. The molecule has 1 aromatic rings. The zero-order valence-electron chi connectivity index (χ0n) is 8.32. The number of sulfone groups is 1. The Morgan fingerprint density at radius 2 is 2.19 bits per heavy atom. The van der Waals surface area contributed by atoms with E-state index >= 15 is 0 Å². The third-order valence-electron chi connectivity index (χ3n) is 2.82. The van der Waals surface area contributed by atoms with Gasteiger partial charge >= 0.3 is 0 Å². The summed E-state index contributed by atoms with van der Waals surface area (Å²) in [5.74, 6) is 0.533. The molecule has 1 saturated heterocycles. The fraction of sp³-hybridized carbons (Fsp3) is 0.556. The van der Waals surface area contributed by atoms with Gasteiger partial charge in [-0.3, -0.25) is 0 Å². The van der Waals surface area contributed by atoms with Crippen molar-refractivity contribution in [2.75, 3.05) is 11.5 Å². The molecule has 16 heavy (non-hydrogen) atoms. The zero-order valence-corrected chi connectivity index (χ0v) is 13.1. The van der Waals surface area contributed by atoms with E-state index in [1.165, 1.54) is 0 Å². The quantitative estimate of drug-likeness (QED) is 0.847. The van der Waals surface area contributed by atoms with E-state index in [1.54, 1.807) is 11.3 Å². The lowest BCUT2D eigenvalue weighted by Gasteiger charge is -2.17. The minimum Gasteiger partial charge on any atom is -0.324 e. The maximum absolute atomic E-state index is 11.4. The Morgan fingerprint density at radius 3 is 2.62 bits per heavy atom. The smallest absolute Gasteiger partial charge is 0.150 e. The van der Waals surface area contributed by atoms with Crippen LogP contribution >= 0.6 is 43.2 Å². The van der Waals surface area contributed by atoms with Gasteiger partial charge in [-0.05, 0) is 55.8 Å². The summed E-state index contributed by atoms with van der Waals surface area (Å²) in [5.41, 5.74) is 7.13. The third kappa shape index (κ3) is 2.69. The first-order valence-electron chi connectivity index (χ1n) is 4.80. The van der Waals surface area contributed by atoms with Crippen molar-refractivity contribution < 1.29 is 8.42 Å². The summed E-state index contributed by atoms with van der Waals surface area (Å²) in [6.07, 6.45) is 0.670. The fourth-order valence-electron chi connectivity index (χ4n) is 1.94. The highest BCUT2D eigenvalue weighted by atomic mass is 79.9. The molecule has 2 heterocycles. The number of thiophene rings is 1. The molecule has 1 aliphatic heterocycles. The molecule has 0 aliphatic carbocycles. The van der Waals surface area contributed by atoms with Gasteiger partial charge in [0.05, 0.1) is 19.1 Å². The molecule has 0 spiro atoms. The first-order valence-corrected chi connectivity index (χ1v) is 9.02. The minimum absolute atomic E-state index is 0.0443. The van der Waals surface area contributed by atoms with Crippen LogP contribution in [0, 0.1) is 5.92 Å². The van der Waals surface area contributed by atoms with Gasteiger partial charge in [0, 0.05) is 6.04 Å². The molecule has 2 N–H and O–H groups in total. The molecule has 3 nitrogen and oxygen atoms in total. The fourth-order valence-corrected chi connectivity index (χ4v) is 6.75. The van der Waals surface area contributed by atoms with Gasteiger partial charge in [-0.1, -0.05) is 0 Å². The maximum atomic E-state index is 11.4. The lowest BCUT2D eigenvalue weighted by atomic mass is 9.95. The highest BCUT2D eigenvalue weighted by molar-refractivity contribution is 9.12. The van der Waals surface area contributed by atoms with Crippen molar-refractivity contribution in [2.24, 2.45) is 11.7 Å². The minimum atomic E-state index is -2.86. The summed E-state index contributed by atoms with van der Waals surface area (Å²) < 4.78 is 24.8. The molecule has 0 bridgehead atoms. The second-order valence-corrected chi connectivity index (χ2v) is 9.95. The van der Waals surface area contributed by atoms with Crippen LogP contribution in [-0.4, -0.2) is 19.9 Å². The van der Waals surface area contributed by atoms with Gasteiger partial charge in [0.25, 0.3) is 0 Å². The monoisotopic (exact) mass is 387 g/mol. The zero-order chi connectivity index (χ0) is 11.9. The van der Waals surface area contributed by atoms with Gasteiger partial charge in [-0.25, -0.2) is 8.42 Å². The first kappa shape index (κ1) is 13.0. The number of halogens is 2. The van der Waals surface area contributed by atoms with Crippen molar-refractivity contribution in [3.8, 4) is 0 Å². The van der Waals surface area contributed by atoms with Crippen LogP contribution in [0.5, 0.6) is 0 Å². The van der Waals surface area contributed by atoms with E-state index in [-0.39, 0.29) is 23.5 Å². The van der Waals surface area contributed by atoms with Crippen molar-refractivity contribution >= 4 is 53.0 Å². The average Bonchev–Trinajstić information content (AvgIpc) is 2.68. The van der Waals surface area contributed by atoms with Crippen LogP contribution < -0.4 is 5.73 Å². The Bertz CT molecular complexity index is 498. The predicted octanol–water partition coefficient (Wildman–Crippen LogP) is 2.71. The van der Waals surface area contributed by atoms with Crippen LogP contribution in [0.15, 0.2) is 13.6 Å². The molecular weight excluding hydrogens is 378 g/mol. The molecule has 1 fully saturated rings. The molecule has 2 rings (SSSR count). The van der Waals surface area contributed by atoms with Gasteiger partial charge in [-0.2, -0.15) is 0 Å². The van der Waals surface area contributed by atoms with E-state index in [9.17, 15) is 8.42 Å². The lowest BCUT2D eigenvalue weighted by molar-refractivity contribution is 0.480. The highest BCUT2D eigenvalue weighted by Crippen LogP contribution is 2.39. The van der Waals surface area contributed by atoms with Crippen molar-refractivity contribution in [3.63, 3.8) is 0 Å². The van der Waals surface area contributed by atoms with Crippen molar-refractivity contribution in [1.82, 2.24) is 0 Å². The summed E-state index contributed by atoms with van der Waals surface area (Å²) in [6.45, 7) is 0. The van der Waals surface area contributed by atoms with E-state index in [0.717, 1.165) is 13.1 Å². The first-order chi connectivity index (χ1) is 7.39. The van der Waals surface area contributed by atoms with Crippen LogP contribution in [0.25, 0.3) is 0 Å². The van der Waals surface area contributed by atoms with E-state index in [2.05, 4.69) is 31.9 Å². The molecule has 0 amide bonds. The molecule has 0 aromatic carbocycles. The standard InChI is InChI=1S/C9H11Br2NO2S2/c10-7-3-6(9(11)15-7)8(12)5-1-2-16(13,14)4-5/h3,5,8H,1-2,4,12H2. The second kappa shape index (κ2) is 4.68. The second-order valence-electron chi connectivity index (χ2n) is 3.97. The Kier molecular flexibility index (Phi) is 3.81. The molecule has 2 atom stereocenters. The van der Waals surface area contributed by atoms with Gasteiger partial charge in [0.1, 0.15) is 0 Å². The number of nitrogens with two attached hydrogens (primary N) is 1. The summed E-state index contributed by atoms with van der Waals surface area (Å²) in [4.78, 5) is 0. The van der Waals surface area contributed by atoms with E-state index < -0.39 is 9.84 Å². The summed E-state index contributed by atoms with van der Waals surface area (Å²) in [6, 6.07) is 1.76. The normalized spacial score (nSPS) is 25.8. The van der Waals surface area contributed by atoms with Crippen molar-refractivity contribution in [3.05, 3.63) is 19.2 Å². The van der Waals surface area contributed by atoms with Crippen LogP contribution in [0.2, 0.25) is 0 Å². The Labute approximate surface area is 116 Å². The topological polar surface area (TPSA) is 60.2 Å². The SMILES string of the molecule is NC(c1cc(Br)sc1Br)C1CCS(=O)(=O)C1. The molecule has 0 radical (unpaired) electrons. The molecule has 7 heteroatoms. The molecular formula is C9H11Br2NO2S2. The van der Waals surface area contributed by atoms with E-state index in [1.807, 2.05) is 6.07 Å². The van der Waals surface area contributed by atoms with Gasteiger partial charge in [-0.15, -0.1) is 11.3 Å². The van der Waals surface area contributed by atoms with Crippen LogP contribution in [0.1, 0.15) is 18.0 Å². The Morgan fingerprint density at radius 1 is 1.50 bits per heavy atom. The average molecular weight is 389 g/mol. The van der Waals surface area contributed by atoms with Gasteiger partial charge in [0.15, 0.2) is 9.84 Å². The van der Waals surface area contributed by atoms with Crippen LogP contribution in [0.4, 0.5) is 0 Å². The van der Waals surface area contributed by atoms with Crippen molar-refractivity contribution in [1.29, 1.82) is 0 Å². The number of hydrogen-bond acceptors (Lipinski definition) is 4. The molecule has 0 saturated carbocycles. The third-order valence-corrected chi connectivity index (χ3v) is 7.00. The summed E-state index contributed by atoms with van der Waals surface area (Å²) >= 11 is 8.41. The summed E-state index contributed by atoms with van der Waals surface area (Å²) in [7, 11) is -2.86. The maximum Gasteiger partial charge on any atom is 0.150 e. The molecule has 1 aromatic heterocycles. The highest BCUT2D eigenvalue weighted by Gasteiger charge is 2.33. The van der Waals surface area contributed by atoms with Crippen LogP contribution in [0.3, 0.4) is 0 Å². The summed E-state index contributed by atoms with van der Waals surface area (Å²) in [5, 5.41) is 0. The lowest BCUT2D eigenvalue weighted by Crippen LogP contribution is -2.22. The molecule has 2 unspecified atom stereocenters. The number of hydrogen-bond donors (Lipinski definition) is 1. The van der Waals surface area contributed by atoms with Gasteiger partial charge < -0.3 is 5.73 Å². The number of rotatable bonds is 2. The van der Waals surface area contributed by atoms with E-state index in [4.69, 9.17) is 5.73 Å². The van der Waals surface area contributed by atoms with Crippen LogP contribution in [-0.2, 0) is 9.84 Å². The molecule has 90 valence electrons. The largest absolute Gasteiger partial charge is 0.324 e. The van der Waals surface area contributed by atoms with E-state index in [0.29, 0.717) is 6.42 Å². The van der Waals surface area contributed by atoms with Gasteiger partial charge in [0.2, 0.25) is 0 Å². The Balaban J connectivity index is 2.20. The Hall–Kier alpha value is 0.570. The molecule has 1 aliphatic rings. The van der Waals surface area contributed by atoms with Crippen molar-refractivity contribution in [2.45, 2.75) is 12.5 Å².